The van der Waals surface area contributed by atoms with E-state index in [1.807, 2.05) is 0 Å². The number of non-ortho nitro benzene ring substituents is 1. The first-order valence-electron chi connectivity index (χ1n) is 5.28. The SMILES string of the molecule is O=[N+]([O-])c1ccc(Br)c(NC2CCS(=O)(=O)C2)c1. The number of hydrogen-bond acceptors (Lipinski definition) is 5. The third kappa shape index (κ3) is 2.99. The summed E-state index contributed by atoms with van der Waals surface area (Å²) in [5.41, 5.74) is 0.521. The quantitative estimate of drug-likeness (QED) is 0.674. The van der Waals surface area contributed by atoms with Gasteiger partial charge >= 0.3 is 0 Å². The van der Waals surface area contributed by atoms with Crippen LogP contribution in [0.15, 0.2) is 22.7 Å². The zero-order chi connectivity index (χ0) is 13.3. The molecule has 0 aromatic heterocycles. The van der Waals surface area contributed by atoms with Crippen molar-refractivity contribution < 1.29 is 13.3 Å². The number of nitrogens with zero attached hydrogens (tertiary/aromatic N) is 1. The first-order chi connectivity index (χ1) is 8.37. The molecule has 0 aliphatic carbocycles. The van der Waals surface area contributed by atoms with Crippen LogP contribution in [0.1, 0.15) is 6.42 Å². The van der Waals surface area contributed by atoms with Crippen LogP contribution in [0.4, 0.5) is 11.4 Å². The molecule has 2 rings (SSSR count). The van der Waals surface area contributed by atoms with Crippen LogP contribution in [-0.2, 0) is 9.84 Å². The topological polar surface area (TPSA) is 89.3 Å². The maximum absolute atomic E-state index is 11.3. The minimum Gasteiger partial charge on any atom is -0.380 e. The first-order valence-corrected chi connectivity index (χ1v) is 7.90. The maximum Gasteiger partial charge on any atom is 0.271 e. The smallest absolute Gasteiger partial charge is 0.271 e. The molecule has 1 aromatic rings. The Kier molecular flexibility index (Phi) is 3.58. The van der Waals surface area contributed by atoms with Gasteiger partial charge in [0.25, 0.3) is 5.69 Å². The summed E-state index contributed by atoms with van der Waals surface area (Å²) in [7, 11) is -2.97. The molecule has 98 valence electrons. The van der Waals surface area contributed by atoms with E-state index in [2.05, 4.69) is 21.2 Å². The number of anilines is 1. The minimum absolute atomic E-state index is 0.0263. The molecule has 1 aromatic carbocycles. The molecular formula is C10H11BrN2O4S. The van der Waals surface area contributed by atoms with E-state index in [-0.39, 0.29) is 23.2 Å². The van der Waals surface area contributed by atoms with Gasteiger partial charge in [-0.1, -0.05) is 0 Å². The molecule has 18 heavy (non-hydrogen) atoms. The second-order valence-electron chi connectivity index (χ2n) is 4.17. The third-order valence-corrected chi connectivity index (χ3v) is 5.21. The normalized spacial score (nSPS) is 21.7. The number of nitrogens with one attached hydrogen (secondary N) is 1. The van der Waals surface area contributed by atoms with Gasteiger partial charge in [0, 0.05) is 22.6 Å². The Balaban J connectivity index is 2.19. The standard InChI is InChI=1S/C10H11BrN2O4S/c11-9-2-1-8(13(14)15)5-10(9)12-7-3-4-18(16,17)6-7/h1-2,5,7,12H,3-4,6H2. The molecule has 0 amide bonds. The van der Waals surface area contributed by atoms with Crippen molar-refractivity contribution in [3.05, 3.63) is 32.8 Å². The molecule has 0 radical (unpaired) electrons. The van der Waals surface area contributed by atoms with Gasteiger partial charge in [-0.25, -0.2) is 8.42 Å². The highest BCUT2D eigenvalue weighted by molar-refractivity contribution is 9.10. The molecular weight excluding hydrogens is 324 g/mol. The second kappa shape index (κ2) is 4.85. The van der Waals surface area contributed by atoms with Crippen molar-refractivity contribution in [1.29, 1.82) is 0 Å². The van der Waals surface area contributed by atoms with Crippen LogP contribution in [0.5, 0.6) is 0 Å². The lowest BCUT2D eigenvalue weighted by Crippen LogP contribution is -2.20. The number of nitro groups is 1. The van der Waals surface area contributed by atoms with Crippen LogP contribution in [0.25, 0.3) is 0 Å². The lowest BCUT2D eigenvalue weighted by Gasteiger charge is -2.13. The summed E-state index contributed by atoms with van der Waals surface area (Å²) in [6, 6.07) is 4.17. The monoisotopic (exact) mass is 334 g/mol. The largest absolute Gasteiger partial charge is 0.380 e. The highest BCUT2D eigenvalue weighted by Gasteiger charge is 2.28. The average molecular weight is 335 g/mol. The summed E-state index contributed by atoms with van der Waals surface area (Å²) in [5, 5.41) is 13.7. The van der Waals surface area contributed by atoms with Crippen molar-refractivity contribution >= 4 is 37.1 Å². The molecule has 1 N–H and O–H groups in total. The van der Waals surface area contributed by atoms with Gasteiger partial charge in [-0.05, 0) is 28.4 Å². The fraction of sp³-hybridized carbons (Fsp3) is 0.400. The predicted octanol–water partition coefficient (Wildman–Crippen LogP) is 1.96. The summed E-state index contributed by atoms with van der Waals surface area (Å²) in [6.07, 6.45) is 0.525. The van der Waals surface area contributed by atoms with E-state index in [4.69, 9.17) is 0 Å². The molecule has 8 heteroatoms. The van der Waals surface area contributed by atoms with E-state index in [0.717, 1.165) is 0 Å². The van der Waals surface area contributed by atoms with Crippen molar-refractivity contribution in [2.45, 2.75) is 12.5 Å². The molecule has 1 unspecified atom stereocenters. The Morgan fingerprint density at radius 3 is 2.72 bits per heavy atom. The molecule has 0 bridgehead atoms. The molecule has 1 fully saturated rings. The number of nitro benzene ring substituents is 1. The van der Waals surface area contributed by atoms with E-state index >= 15 is 0 Å². The Bertz CT molecular complexity index is 588. The van der Waals surface area contributed by atoms with Gasteiger partial charge in [0.2, 0.25) is 0 Å². The Morgan fingerprint density at radius 1 is 1.44 bits per heavy atom. The van der Waals surface area contributed by atoms with Gasteiger partial charge in [0.05, 0.1) is 22.1 Å². The lowest BCUT2D eigenvalue weighted by molar-refractivity contribution is -0.384. The fourth-order valence-electron chi connectivity index (χ4n) is 1.87. The number of sulfone groups is 1. The van der Waals surface area contributed by atoms with Gasteiger partial charge in [-0.15, -0.1) is 0 Å². The zero-order valence-electron chi connectivity index (χ0n) is 9.30. The second-order valence-corrected chi connectivity index (χ2v) is 7.25. The van der Waals surface area contributed by atoms with E-state index in [0.29, 0.717) is 16.6 Å². The molecule has 1 aliphatic heterocycles. The van der Waals surface area contributed by atoms with Crippen molar-refractivity contribution in [3.63, 3.8) is 0 Å². The maximum atomic E-state index is 11.3. The van der Waals surface area contributed by atoms with Crippen molar-refractivity contribution in [1.82, 2.24) is 0 Å². The van der Waals surface area contributed by atoms with Crippen LogP contribution in [0.3, 0.4) is 0 Å². The molecule has 0 saturated carbocycles. The molecule has 1 atom stereocenters. The summed E-state index contributed by atoms with van der Waals surface area (Å²) in [4.78, 5) is 10.2. The fourth-order valence-corrected chi connectivity index (χ4v) is 3.90. The van der Waals surface area contributed by atoms with E-state index in [1.165, 1.54) is 12.1 Å². The van der Waals surface area contributed by atoms with Crippen LogP contribution in [0.2, 0.25) is 0 Å². The van der Waals surface area contributed by atoms with E-state index < -0.39 is 14.8 Å². The third-order valence-electron chi connectivity index (χ3n) is 2.75. The summed E-state index contributed by atoms with van der Waals surface area (Å²) in [6.45, 7) is 0. The van der Waals surface area contributed by atoms with Crippen molar-refractivity contribution in [3.8, 4) is 0 Å². The summed E-state index contributed by atoms with van der Waals surface area (Å²) in [5.74, 6) is 0.235. The number of halogens is 1. The highest BCUT2D eigenvalue weighted by atomic mass is 79.9. The molecule has 6 nitrogen and oxygen atoms in total. The van der Waals surface area contributed by atoms with Gasteiger partial charge < -0.3 is 5.32 Å². The predicted molar refractivity (Wildman–Crippen MR) is 71.5 cm³/mol. The number of hydrogen-bond donors (Lipinski definition) is 1. The number of benzene rings is 1. The van der Waals surface area contributed by atoms with Crippen LogP contribution < -0.4 is 5.32 Å². The van der Waals surface area contributed by atoms with Gasteiger partial charge in [0.1, 0.15) is 0 Å². The van der Waals surface area contributed by atoms with Gasteiger partial charge in [-0.3, -0.25) is 10.1 Å². The molecule has 1 saturated heterocycles. The van der Waals surface area contributed by atoms with E-state index in [1.54, 1.807) is 6.07 Å². The van der Waals surface area contributed by atoms with Gasteiger partial charge in [0.15, 0.2) is 9.84 Å². The molecule has 1 heterocycles. The summed E-state index contributed by atoms with van der Waals surface area (Å²) < 4.78 is 23.3. The highest BCUT2D eigenvalue weighted by Crippen LogP contribution is 2.29. The van der Waals surface area contributed by atoms with E-state index in [9.17, 15) is 18.5 Å². The van der Waals surface area contributed by atoms with Crippen LogP contribution >= 0.6 is 15.9 Å². The zero-order valence-corrected chi connectivity index (χ0v) is 11.7. The number of rotatable bonds is 3. The molecule has 1 aliphatic rings. The average Bonchev–Trinajstić information content (AvgIpc) is 2.61. The Hall–Kier alpha value is -1.15. The Morgan fingerprint density at radius 2 is 2.17 bits per heavy atom. The van der Waals surface area contributed by atoms with Crippen molar-refractivity contribution in [2.75, 3.05) is 16.8 Å². The van der Waals surface area contributed by atoms with Crippen molar-refractivity contribution in [2.24, 2.45) is 0 Å². The summed E-state index contributed by atoms with van der Waals surface area (Å²) >= 11 is 3.28. The van der Waals surface area contributed by atoms with Crippen LogP contribution in [0, 0.1) is 10.1 Å². The van der Waals surface area contributed by atoms with Gasteiger partial charge in [-0.2, -0.15) is 0 Å². The first kappa shape index (κ1) is 13.3. The Labute approximate surface area is 113 Å². The lowest BCUT2D eigenvalue weighted by atomic mass is 10.2. The van der Waals surface area contributed by atoms with Crippen LogP contribution in [-0.4, -0.2) is 30.9 Å². The minimum atomic E-state index is -2.97. The molecule has 0 spiro atoms.